The van der Waals surface area contributed by atoms with Gasteiger partial charge in [-0.25, -0.2) is 0 Å². The van der Waals surface area contributed by atoms with Gasteiger partial charge >= 0.3 is 5.97 Å². The molecule has 0 unspecified atom stereocenters. The van der Waals surface area contributed by atoms with E-state index in [4.69, 9.17) is 4.74 Å². The second-order valence-corrected chi connectivity index (χ2v) is 5.38. The minimum atomic E-state index is -0.460. The lowest BCUT2D eigenvalue weighted by atomic mass is 10.0. The van der Waals surface area contributed by atoms with Crippen molar-refractivity contribution >= 4 is 5.97 Å². The van der Waals surface area contributed by atoms with Crippen LogP contribution in [0, 0.1) is 0 Å². The highest BCUT2D eigenvalue weighted by molar-refractivity contribution is 5.73. The average molecular weight is 272 g/mol. The highest BCUT2D eigenvalue weighted by atomic mass is 16.6. The van der Waals surface area contributed by atoms with E-state index >= 15 is 0 Å². The van der Waals surface area contributed by atoms with Gasteiger partial charge in [-0.1, -0.05) is 54.6 Å². The molecule has 1 rings (SSSR count). The van der Waals surface area contributed by atoms with Gasteiger partial charge in [0.15, 0.2) is 0 Å². The molecule has 0 spiro atoms. The van der Waals surface area contributed by atoms with Crippen LogP contribution in [0.3, 0.4) is 0 Å². The van der Waals surface area contributed by atoms with Gasteiger partial charge in [-0.2, -0.15) is 0 Å². The minimum Gasteiger partial charge on any atom is -0.459 e. The molecule has 0 N–H and O–H groups in total. The van der Waals surface area contributed by atoms with E-state index in [1.54, 1.807) is 0 Å². The first-order chi connectivity index (χ1) is 9.53. The zero-order valence-corrected chi connectivity index (χ0v) is 12.6. The fraction of sp³-hybridized carbons (Fsp3) is 0.389. The molecule has 0 bridgehead atoms. The third-order valence-corrected chi connectivity index (χ3v) is 2.87. The summed E-state index contributed by atoms with van der Waals surface area (Å²) in [6.45, 7) is 5.88. The van der Waals surface area contributed by atoms with Crippen molar-refractivity contribution in [2.75, 3.05) is 0 Å². The first-order valence-electron chi connectivity index (χ1n) is 7.05. The molecule has 0 aromatic heterocycles. The van der Waals surface area contributed by atoms with Crippen molar-refractivity contribution in [3.63, 3.8) is 0 Å². The summed E-state index contributed by atoms with van der Waals surface area (Å²) in [5.41, 5.74) is 0.523. The predicted octanol–water partition coefficient (Wildman–Crippen LogP) is 4.46. The van der Waals surface area contributed by atoms with Gasteiger partial charge in [-0.05, 0) is 32.8 Å². The van der Waals surface area contributed by atoms with Crippen molar-refractivity contribution in [3.8, 4) is 0 Å². The Morgan fingerprint density at radius 2 is 1.85 bits per heavy atom. The summed E-state index contributed by atoms with van der Waals surface area (Å²) < 4.78 is 5.54. The van der Waals surface area contributed by atoms with Crippen LogP contribution in [-0.2, 0) is 16.0 Å². The van der Waals surface area contributed by atoms with Crippen LogP contribution in [0.5, 0.6) is 0 Å². The van der Waals surface area contributed by atoms with Crippen LogP contribution >= 0.6 is 0 Å². The molecule has 2 heteroatoms. The predicted molar refractivity (Wildman–Crippen MR) is 83.5 cm³/mol. The molecule has 1 aromatic rings. The van der Waals surface area contributed by atoms with Crippen molar-refractivity contribution in [1.29, 1.82) is 0 Å². The molecule has 0 aliphatic carbocycles. The Balaban J connectivity index is 2.41. The summed E-state index contributed by atoms with van der Waals surface area (Å²) in [4.78, 5) is 11.9. The third-order valence-electron chi connectivity index (χ3n) is 2.87. The van der Waals surface area contributed by atoms with E-state index < -0.39 is 5.60 Å². The number of hydrogen-bond acceptors (Lipinski definition) is 2. The zero-order valence-electron chi connectivity index (χ0n) is 12.6. The minimum absolute atomic E-state index is 0.178. The van der Waals surface area contributed by atoms with Crippen molar-refractivity contribution in [1.82, 2.24) is 0 Å². The van der Waals surface area contributed by atoms with Crippen molar-refractivity contribution in [3.05, 3.63) is 60.2 Å². The summed E-state index contributed by atoms with van der Waals surface area (Å²) >= 11 is 0. The van der Waals surface area contributed by atoms with E-state index in [1.165, 1.54) is 0 Å². The van der Waals surface area contributed by atoms with Crippen LogP contribution in [-0.4, -0.2) is 11.6 Å². The summed E-state index contributed by atoms with van der Waals surface area (Å²) in [6, 6.07) is 9.67. The van der Waals surface area contributed by atoms with Gasteiger partial charge in [0, 0.05) is 6.42 Å². The molecule has 2 nitrogen and oxygen atoms in total. The van der Waals surface area contributed by atoms with Crippen LogP contribution in [0.1, 0.15) is 39.2 Å². The molecule has 1 aromatic carbocycles. The fourth-order valence-corrected chi connectivity index (χ4v) is 1.83. The second kappa shape index (κ2) is 8.36. The van der Waals surface area contributed by atoms with Gasteiger partial charge in [0.2, 0.25) is 0 Å². The molecule has 0 heterocycles. The van der Waals surface area contributed by atoms with Crippen molar-refractivity contribution in [2.45, 2.75) is 45.6 Å². The number of hydrogen-bond donors (Lipinski definition) is 0. The second-order valence-electron chi connectivity index (χ2n) is 5.38. The maximum atomic E-state index is 11.9. The van der Waals surface area contributed by atoms with Crippen LogP contribution < -0.4 is 0 Å². The van der Waals surface area contributed by atoms with Gasteiger partial charge in [0.05, 0.1) is 6.42 Å². The topological polar surface area (TPSA) is 26.3 Å². The van der Waals surface area contributed by atoms with Gasteiger partial charge < -0.3 is 4.74 Å². The lowest BCUT2D eigenvalue weighted by Gasteiger charge is -2.23. The standard InChI is InChI=1S/C18H24O2/c1-4-5-6-7-11-14-18(2,3)20-17(19)15-16-12-9-8-10-13-16/h4-5,7-13H,6,14-15H2,1-3H3/b5-4+,11-7+. The number of carbonyl (C=O) groups excluding carboxylic acids is 1. The smallest absolute Gasteiger partial charge is 0.310 e. The summed E-state index contributed by atoms with van der Waals surface area (Å²) in [5, 5.41) is 0. The molecule has 0 atom stereocenters. The van der Waals surface area contributed by atoms with Crippen LogP contribution in [0.15, 0.2) is 54.6 Å². The molecule has 108 valence electrons. The summed E-state index contributed by atoms with van der Waals surface area (Å²) in [6.07, 6.45) is 10.2. The zero-order chi connectivity index (χ0) is 14.8. The van der Waals surface area contributed by atoms with Gasteiger partial charge in [-0.3, -0.25) is 4.79 Å². The van der Waals surface area contributed by atoms with E-state index in [0.717, 1.165) is 18.4 Å². The quantitative estimate of drug-likeness (QED) is 0.541. The van der Waals surface area contributed by atoms with E-state index in [9.17, 15) is 4.79 Å². The number of allylic oxidation sites excluding steroid dienone is 3. The molecule has 0 saturated heterocycles. The first kappa shape index (κ1) is 16.2. The Hall–Kier alpha value is -1.83. The Kier molecular flexibility index (Phi) is 6.78. The average Bonchev–Trinajstić information content (AvgIpc) is 2.38. The number of ether oxygens (including phenoxy) is 1. The van der Waals surface area contributed by atoms with E-state index in [-0.39, 0.29) is 5.97 Å². The normalized spacial score (nSPS) is 12.2. The lowest BCUT2D eigenvalue weighted by molar-refractivity contribution is -0.155. The fourth-order valence-electron chi connectivity index (χ4n) is 1.83. The SMILES string of the molecule is C/C=C/C/C=C/CC(C)(C)OC(=O)Cc1ccccc1. The monoisotopic (exact) mass is 272 g/mol. The highest BCUT2D eigenvalue weighted by Crippen LogP contribution is 2.17. The Morgan fingerprint density at radius 3 is 2.50 bits per heavy atom. The summed E-state index contributed by atoms with van der Waals surface area (Å²) in [7, 11) is 0. The van der Waals surface area contributed by atoms with Gasteiger partial charge in [0.1, 0.15) is 5.60 Å². The van der Waals surface area contributed by atoms with Crippen LogP contribution in [0.4, 0.5) is 0 Å². The molecule has 0 aliphatic heterocycles. The largest absolute Gasteiger partial charge is 0.459 e. The van der Waals surface area contributed by atoms with Crippen molar-refractivity contribution < 1.29 is 9.53 Å². The number of benzene rings is 1. The van der Waals surface area contributed by atoms with E-state index in [0.29, 0.717) is 6.42 Å². The Bertz CT molecular complexity index is 456. The maximum absolute atomic E-state index is 11.9. The third kappa shape index (κ3) is 6.93. The Morgan fingerprint density at radius 1 is 1.15 bits per heavy atom. The molecule has 0 saturated carbocycles. The molecule has 0 radical (unpaired) electrons. The van der Waals surface area contributed by atoms with Crippen molar-refractivity contribution in [2.24, 2.45) is 0 Å². The first-order valence-corrected chi connectivity index (χ1v) is 7.05. The van der Waals surface area contributed by atoms with E-state index in [1.807, 2.05) is 57.2 Å². The number of rotatable bonds is 7. The number of carbonyl (C=O) groups is 1. The Labute approximate surface area is 122 Å². The summed E-state index contributed by atoms with van der Waals surface area (Å²) in [5.74, 6) is -0.178. The van der Waals surface area contributed by atoms with E-state index in [2.05, 4.69) is 18.2 Å². The molecule has 0 aliphatic rings. The highest BCUT2D eigenvalue weighted by Gasteiger charge is 2.21. The van der Waals surface area contributed by atoms with Gasteiger partial charge in [-0.15, -0.1) is 0 Å². The molecule has 0 amide bonds. The lowest BCUT2D eigenvalue weighted by Crippen LogP contribution is -2.28. The molecular formula is C18H24O2. The molecule has 20 heavy (non-hydrogen) atoms. The number of esters is 1. The molecule has 0 fully saturated rings. The van der Waals surface area contributed by atoms with Crippen LogP contribution in [0.2, 0.25) is 0 Å². The van der Waals surface area contributed by atoms with Crippen LogP contribution in [0.25, 0.3) is 0 Å². The van der Waals surface area contributed by atoms with Gasteiger partial charge in [0.25, 0.3) is 0 Å². The maximum Gasteiger partial charge on any atom is 0.310 e. The molecular weight excluding hydrogens is 248 g/mol.